The summed E-state index contributed by atoms with van der Waals surface area (Å²) in [5, 5.41) is 9.95. The van der Waals surface area contributed by atoms with E-state index < -0.39 is 0 Å². The van der Waals surface area contributed by atoms with E-state index in [1.807, 2.05) is 95.5 Å². The van der Waals surface area contributed by atoms with Crippen molar-refractivity contribution in [1.29, 1.82) is 0 Å². The average Bonchev–Trinajstić information content (AvgIpc) is 1.67. The fraction of sp³-hybridized carbons (Fsp3) is 0. The lowest BCUT2D eigenvalue weighted by molar-refractivity contribution is 1.07. The average molecular weight is 1770 g/mol. The topological polar surface area (TPSA) is 87.2 Å². The summed E-state index contributed by atoms with van der Waals surface area (Å²) in [6.07, 6.45) is 0. The maximum absolute atomic E-state index is 5.34. The normalized spacial score (nSPS) is 11.5. The SMILES string of the molecule is c1ccc(-c2nc(-c3ccccc3)nc(-c3cc(-c4ccc(-c5ccccc5)c(-c5ccccc5)c4)ccc3-c3ccc4c(c3)sc3cc5c6ccccc6n(-c6ccccc6)c5cc34)n2)cc1.c1ccc(-c2nc(-c3ccccc3)nc(-c3cc(-c4ccc(-c5ccccc5)c(-c5ccccc5)c4)ccc3-c3cccc4c3sc3cc5c6ccccc6n(-c6ccccc6)c5cc34)n2)cc1. The molecule has 0 atom stereocenters. The van der Waals surface area contributed by atoms with Crippen LogP contribution in [0.5, 0.6) is 0 Å². The molecule has 0 bridgehead atoms. The van der Waals surface area contributed by atoms with Crippen molar-refractivity contribution in [3.8, 4) is 169 Å². The van der Waals surface area contributed by atoms with Gasteiger partial charge in [-0.25, -0.2) is 29.9 Å². The maximum atomic E-state index is 5.34. The molecule has 0 fully saturated rings. The zero-order valence-corrected chi connectivity index (χ0v) is 75.2. The second-order valence-electron chi connectivity index (χ2n) is 34.3. The fourth-order valence-corrected chi connectivity index (χ4v) is 22.1. The van der Waals surface area contributed by atoms with Gasteiger partial charge in [-0.3, -0.25) is 0 Å². The van der Waals surface area contributed by atoms with E-state index in [2.05, 4.69) is 422 Å². The Balaban J connectivity index is 0.000000145. The van der Waals surface area contributed by atoms with Crippen molar-refractivity contribution in [1.82, 2.24) is 39.0 Å². The van der Waals surface area contributed by atoms with Gasteiger partial charge in [-0.15, -0.1) is 22.7 Å². The second-order valence-corrected chi connectivity index (χ2v) is 36.4. The van der Waals surface area contributed by atoms with Gasteiger partial charge in [-0.05, 0) is 174 Å². The molecule has 0 saturated carbocycles. The summed E-state index contributed by atoms with van der Waals surface area (Å²) >= 11 is 3.70. The Hall–Kier alpha value is -17.5. The van der Waals surface area contributed by atoms with Gasteiger partial charge in [0.1, 0.15) is 0 Å². The summed E-state index contributed by atoms with van der Waals surface area (Å²) < 4.78 is 9.76. The molecule has 10 heteroatoms. The molecule has 26 aromatic rings. The molecule has 0 N–H and O–H groups in total. The maximum Gasteiger partial charge on any atom is 0.164 e. The lowest BCUT2D eigenvalue weighted by atomic mass is 9.89. The minimum absolute atomic E-state index is 0.617. The molecule has 20 aromatic carbocycles. The highest BCUT2D eigenvalue weighted by Gasteiger charge is 2.26. The van der Waals surface area contributed by atoms with Crippen LogP contribution in [0, 0.1) is 0 Å². The van der Waals surface area contributed by atoms with Crippen LogP contribution in [0.2, 0.25) is 0 Å². The van der Waals surface area contributed by atoms with Crippen molar-refractivity contribution in [3.63, 3.8) is 0 Å². The Labute approximate surface area is 793 Å². The summed E-state index contributed by atoms with van der Waals surface area (Å²) in [6, 6.07) is 173. The van der Waals surface area contributed by atoms with Gasteiger partial charge in [0.15, 0.2) is 34.9 Å². The quantitative estimate of drug-likeness (QED) is 0.0958. The molecule has 26 rings (SSSR count). The first-order chi connectivity index (χ1) is 67.4. The fourth-order valence-electron chi connectivity index (χ4n) is 19.6. The second kappa shape index (κ2) is 34.6. The Kier molecular flexibility index (Phi) is 20.5. The number of hydrogen-bond donors (Lipinski definition) is 0. The molecule has 136 heavy (non-hydrogen) atoms. The van der Waals surface area contributed by atoms with Gasteiger partial charge in [0.2, 0.25) is 0 Å². The molecule has 0 amide bonds. The van der Waals surface area contributed by atoms with E-state index >= 15 is 0 Å². The zero-order valence-electron chi connectivity index (χ0n) is 73.6. The number of nitrogens with zero attached hydrogens (tertiary/aromatic N) is 8. The molecule has 6 heterocycles. The van der Waals surface area contributed by atoms with Crippen molar-refractivity contribution in [2.75, 3.05) is 0 Å². The van der Waals surface area contributed by atoms with E-state index in [1.54, 1.807) is 0 Å². The van der Waals surface area contributed by atoms with Crippen LogP contribution in [0.25, 0.3) is 253 Å². The molecule has 0 aliphatic carbocycles. The highest BCUT2D eigenvalue weighted by atomic mass is 32.1. The lowest BCUT2D eigenvalue weighted by Gasteiger charge is -2.16. The van der Waals surface area contributed by atoms with Gasteiger partial charge < -0.3 is 9.13 Å². The van der Waals surface area contributed by atoms with Crippen LogP contribution in [0.3, 0.4) is 0 Å². The third kappa shape index (κ3) is 14.8. The molecule has 0 saturated heterocycles. The monoisotopic (exact) mass is 1770 g/mol. The number of rotatable bonds is 16. The Bertz CT molecular complexity index is 8930. The van der Waals surface area contributed by atoms with Crippen LogP contribution in [0.4, 0.5) is 0 Å². The van der Waals surface area contributed by atoms with Crippen molar-refractivity contribution in [2.45, 2.75) is 0 Å². The summed E-state index contributed by atoms with van der Waals surface area (Å²) in [5.41, 5.74) is 30.8. The molecule has 0 aliphatic rings. The lowest BCUT2D eigenvalue weighted by Crippen LogP contribution is -2.01. The van der Waals surface area contributed by atoms with E-state index in [1.165, 1.54) is 128 Å². The van der Waals surface area contributed by atoms with Gasteiger partial charge in [0.25, 0.3) is 0 Å². The number of fused-ring (bicyclic) bond motifs is 12. The highest BCUT2D eigenvalue weighted by Crippen LogP contribution is 2.50. The summed E-state index contributed by atoms with van der Waals surface area (Å²) in [4.78, 5) is 31.4. The number of hydrogen-bond acceptors (Lipinski definition) is 8. The van der Waals surface area contributed by atoms with Crippen LogP contribution in [-0.4, -0.2) is 39.0 Å². The molecule has 636 valence electrons. The van der Waals surface area contributed by atoms with Gasteiger partial charge in [-0.2, -0.15) is 0 Å². The van der Waals surface area contributed by atoms with Gasteiger partial charge in [-0.1, -0.05) is 394 Å². The van der Waals surface area contributed by atoms with Crippen LogP contribution in [0.1, 0.15) is 0 Å². The van der Waals surface area contributed by atoms with Crippen LogP contribution in [-0.2, 0) is 0 Å². The minimum atomic E-state index is 0.617. The number of para-hydroxylation sites is 4. The molecule has 8 nitrogen and oxygen atoms in total. The van der Waals surface area contributed by atoms with Crippen LogP contribution in [0.15, 0.2) is 485 Å². The van der Waals surface area contributed by atoms with Gasteiger partial charge in [0.05, 0.1) is 22.1 Å². The van der Waals surface area contributed by atoms with Crippen molar-refractivity contribution in [2.24, 2.45) is 0 Å². The number of aromatic nitrogens is 8. The Morgan fingerprint density at radius 3 is 0.838 bits per heavy atom. The number of benzene rings is 20. The van der Waals surface area contributed by atoms with E-state index in [9.17, 15) is 0 Å². The van der Waals surface area contributed by atoms with Gasteiger partial charge >= 0.3 is 0 Å². The van der Waals surface area contributed by atoms with Crippen molar-refractivity contribution >= 4 is 107 Å². The van der Waals surface area contributed by atoms with E-state index in [0.29, 0.717) is 34.9 Å². The Morgan fingerprint density at radius 1 is 0.140 bits per heavy atom. The first-order valence-electron chi connectivity index (χ1n) is 45.8. The third-order valence-electron chi connectivity index (χ3n) is 26.2. The predicted octanol–water partition coefficient (Wildman–Crippen LogP) is 34.0. The molecule has 0 unspecified atom stereocenters. The van der Waals surface area contributed by atoms with E-state index in [-0.39, 0.29) is 0 Å². The first-order valence-corrected chi connectivity index (χ1v) is 47.5. The third-order valence-corrected chi connectivity index (χ3v) is 28.5. The largest absolute Gasteiger partial charge is 0.309 e. The van der Waals surface area contributed by atoms with Gasteiger partial charge in [0, 0.05) is 112 Å². The van der Waals surface area contributed by atoms with Crippen molar-refractivity contribution in [3.05, 3.63) is 485 Å². The van der Waals surface area contributed by atoms with E-state index in [0.717, 1.165) is 89.3 Å². The molecular formula is C126H80N8S2. The molecule has 0 spiro atoms. The van der Waals surface area contributed by atoms with Crippen LogP contribution >= 0.6 is 22.7 Å². The minimum Gasteiger partial charge on any atom is -0.309 e. The van der Waals surface area contributed by atoms with Crippen molar-refractivity contribution < 1.29 is 0 Å². The highest BCUT2D eigenvalue weighted by molar-refractivity contribution is 7.26. The zero-order chi connectivity index (χ0) is 89.9. The summed E-state index contributed by atoms with van der Waals surface area (Å²) in [5.74, 6) is 3.74. The smallest absolute Gasteiger partial charge is 0.164 e. The molecular weight excluding hydrogens is 1690 g/mol. The molecule has 0 radical (unpaired) electrons. The predicted molar refractivity (Wildman–Crippen MR) is 570 cm³/mol. The molecule has 6 aromatic heterocycles. The molecule has 0 aliphatic heterocycles. The Morgan fingerprint density at radius 2 is 0.434 bits per heavy atom. The standard InChI is InChI=1S/2C63H40N4S/c1-6-19-41(20-7-1)48-35-33-45(37-53(48)42-21-8-2-9-22-42)46-34-36-49(56(38-46)63-65-61(43-23-10-3-11-24-43)64-62(66-63)44-25-12-4-13-26-44)51-30-18-31-52-55-39-58-54(40-59(55)68-60(51)52)50-29-16-17-32-57(50)67(58)47-27-14-5-15-28-47;1-6-18-41(19-7-1)49-33-30-45(36-53(49)42-20-8-2-9-21-42)46-31-34-50(56(37-46)63-65-61(43-22-10-3-11-23-43)64-62(66-63)44-24-12-4-13-25-44)47-32-35-52-55-39-58-54(40-60(55)68-59(52)38-47)51-28-16-17-29-57(51)67(58)48-26-14-5-15-27-48/h2*1-40H. The summed E-state index contributed by atoms with van der Waals surface area (Å²) in [7, 11) is 0. The summed E-state index contributed by atoms with van der Waals surface area (Å²) in [6.45, 7) is 0. The first kappa shape index (κ1) is 80.5. The van der Waals surface area contributed by atoms with E-state index in [4.69, 9.17) is 29.9 Å². The van der Waals surface area contributed by atoms with Crippen LogP contribution < -0.4 is 0 Å². The number of thiophene rings is 2.